The summed E-state index contributed by atoms with van der Waals surface area (Å²) in [6, 6.07) is 5.46. The third kappa shape index (κ3) is 3.39. The average molecular weight is 303 g/mol. The molecule has 0 saturated heterocycles. The first kappa shape index (κ1) is 15.9. The molecule has 0 aromatic heterocycles. The number of ether oxygens (including phenoxy) is 1. The lowest BCUT2D eigenvalue weighted by atomic mass is 9.95. The Bertz CT molecular complexity index is 635. The Balaban J connectivity index is 2.22. The largest absolute Gasteiger partial charge is 0.480 e. The van der Waals surface area contributed by atoms with Crippen molar-refractivity contribution >= 4 is 23.9 Å². The van der Waals surface area contributed by atoms with Gasteiger partial charge in [0.15, 0.2) is 11.7 Å². The van der Waals surface area contributed by atoms with E-state index < -0.39 is 29.7 Å². The van der Waals surface area contributed by atoms with Gasteiger partial charge in [0.2, 0.25) is 0 Å². The van der Waals surface area contributed by atoms with Crippen LogP contribution in [0.4, 0.5) is 0 Å². The Morgan fingerprint density at radius 2 is 2.05 bits per heavy atom. The first-order valence-electron chi connectivity index (χ1n) is 7.01. The van der Waals surface area contributed by atoms with E-state index in [0.717, 1.165) is 6.21 Å². The van der Waals surface area contributed by atoms with Crippen molar-refractivity contribution in [2.24, 2.45) is 16.8 Å². The maximum Gasteiger partial charge on any atom is 0.328 e. The molecule has 22 heavy (non-hydrogen) atoms. The van der Waals surface area contributed by atoms with Crippen LogP contribution in [0, 0.1) is 11.8 Å². The molecule has 0 aliphatic carbocycles. The number of rotatable bonds is 5. The fraction of sp³-hybridized carbons (Fsp3) is 0.375. The molecular weight excluding hydrogens is 286 g/mol. The molecule has 1 aromatic carbocycles. The van der Waals surface area contributed by atoms with E-state index >= 15 is 0 Å². The summed E-state index contributed by atoms with van der Waals surface area (Å²) in [6.45, 7) is 3.75. The van der Waals surface area contributed by atoms with Gasteiger partial charge in [-0.3, -0.25) is 14.6 Å². The Morgan fingerprint density at radius 3 is 2.68 bits per heavy atom. The van der Waals surface area contributed by atoms with Crippen molar-refractivity contribution in [3.8, 4) is 5.75 Å². The first-order valence-corrected chi connectivity index (χ1v) is 7.01. The lowest BCUT2D eigenvalue weighted by Crippen LogP contribution is -2.35. The lowest BCUT2D eigenvalue weighted by molar-refractivity contribution is -0.139. The third-order valence-corrected chi connectivity index (χ3v) is 3.29. The van der Waals surface area contributed by atoms with Crippen molar-refractivity contribution in [1.82, 2.24) is 0 Å². The molecule has 1 aliphatic rings. The van der Waals surface area contributed by atoms with E-state index in [4.69, 9.17) is 9.84 Å². The molecule has 1 aromatic rings. The van der Waals surface area contributed by atoms with Crippen LogP contribution in [0.15, 0.2) is 29.3 Å². The van der Waals surface area contributed by atoms with Crippen LogP contribution < -0.4 is 4.74 Å². The Hall–Kier alpha value is -2.50. The van der Waals surface area contributed by atoms with Crippen LogP contribution in [-0.4, -0.2) is 35.1 Å². The molecule has 2 rings (SSSR count). The van der Waals surface area contributed by atoms with Crippen LogP contribution in [0.1, 0.15) is 30.6 Å². The molecule has 0 spiro atoms. The highest BCUT2D eigenvalue weighted by Crippen LogP contribution is 2.27. The Kier molecular flexibility index (Phi) is 4.70. The fourth-order valence-corrected chi connectivity index (χ4v) is 2.20. The van der Waals surface area contributed by atoms with Crippen molar-refractivity contribution in [3.05, 3.63) is 29.8 Å². The van der Waals surface area contributed by atoms with E-state index in [1.165, 1.54) is 6.07 Å². The second-order valence-corrected chi connectivity index (χ2v) is 5.54. The number of carboxylic acids is 1. The molecule has 0 fully saturated rings. The molecule has 0 radical (unpaired) electrons. The monoisotopic (exact) mass is 303 g/mol. The van der Waals surface area contributed by atoms with Crippen LogP contribution in [0.5, 0.6) is 5.75 Å². The average Bonchev–Trinajstić information content (AvgIpc) is 2.45. The number of aliphatic imine (C=N–C) groups is 1. The molecule has 116 valence electrons. The van der Waals surface area contributed by atoms with Gasteiger partial charge in [0, 0.05) is 6.21 Å². The van der Waals surface area contributed by atoms with E-state index in [9.17, 15) is 14.4 Å². The first-order chi connectivity index (χ1) is 10.4. The van der Waals surface area contributed by atoms with Crippen molar-refractivity contribution in [1.29, 1.82) is 0 Å². The molecule has 1 unspecified atom stereocenters. The molecule has 6 heteroatoms. The summed E-state index contributed by atoms with van der Waals surface area (Å²) in [5.41, 5.74) is 0.300. The van der Waals surface area contributed by atoms with E-state index in [-0.39, 0.29) is 11.7 Å². The number of Topliss-reactive ketones (excluding diaryl/α,β-unsaturated/α-hetero) is 1. The summed E-state index contributed by atoms with van der Waals surface area (Å²) in [5.74, 6) is -3.08. The van der Waals surface area contributed by atoms with Gasteiger partial charge < -0.3 is 9.84 Å². The van der Waals surface area contributed by atoms with Gasteiger partial charge in [-0.05, 0) is 24.5 Å². The molecule has 0 amide bonds. The molecular formula is C16H17NO5. The number of fused-ring (bicyclic) bond motifs is 1. The second-order valence-electron chi connectivity index (χ2n) is 5.54. The number of para-hydroxylation sites is 1. The number of nitrogens with zero attached hydrogens (tertiary/aromatic N) is 1. The minimum Gasteiger partial charge on any atom is -0.480 e. The quantitative estimate of drug-likeness (QED) is 0.388. The standard InChI is InChI=1S/C16H17NO5/c1-9(2)7-12(15(19)20)17-8-11-14(18)10-5-3-4-6-13(10)22-16(11)21/h3-6,8-9,11-12H,7H2,1-2H3,(H,19,20)/t11?,12-/m0/s1. The number of esters is 1. The molecule has 1 N–H and O–H groups in total. The molecule has 6 nitrogen and oxygen atoms in total. The number of hydrogen-bond donors (Lipinski definition) is 1. The molecule has 2 atom stereocenters. The highest BCUT2D eigenvalue weighted by Gasteiger charge is 2.35. The normalized spacial score (nSPS) is 19.1. The van der Waals surface area contributed by atoms with Crippen molar-refractivity contribution < 1.29 is 24.2 Å². The third-order valence-electron chi connectivity index (χ3n) is 3.29. The number of hydrogen-bond acceptors (Lipinski definition) is 5. The van der Waals surface area contributed by atoms with E-state index in [1.54, 1.807) is 18.2 Å². The zero-order valence-electron chi connectivity index (χ0n) is 12.4. The van der Waals surface area contributed by atoms with E-state index in [1.807, 2.05) is 13.8 Å². The van der Waals surface area contributed by atoms with Crippen molar-refractivity contribution in [2.75, 3.05) is 0 Å². The maximum atomic E-state index is 12.3. The van der Waals surface area contributed by atoms with Gasteiger partial charge in [0.1, 0.15) is 11.8 Å². The topological polar surface area (TPSA) is 93.0 Å². The molecule has 0 bridgehead atoms. The van der Waals surface area contributed by atoms with Gasteiger partial charge in [-0.1, -0.05) is 26.0 Å². The predicted molar refractivity (Wildman–Crippen MR) is 79.3 cm³/mol. The number of aliphatic carboxylic acids is 1. The van der Waals surface area contributed by atoms with Gasteiger partial charge in [0.05, 0.1) is 5.56 Å². The summed E-state index contributed by atoms with van der Waals surface area (Å²) in [5, 5.41) is 9.13. The summed E-state index contributed by atoms with van der Waals surface area (Å²) in [6.07, 6.45) is 1.43. The van der Waals surface area contributed by atoms with E-state index in [0.29, 0.717) is 12.0 Å². The molecule has 0 saturated carbocycles. The Labute approximate surface area is 127 Å². The number of carbonyl (C=O) groups excluding carboxylic acids is 2. The van der Waals surface area contributed by atoms with Crippen molar-refractivity contribution in [3.63, 3.8) is 0 Å². The van der Waals surface area contributed by atoms with Gasteiger partial charge in [-0.2, -0.15) is 0 Å². The zero-order valence-corrected chi connectivity index (χ0v) is 12.4. The van der Waals surface area contributed by atoms with Gasteiger partial charge >= 0.3 is 11.9 Å². The maximum absolute atomic E-state index is 12.3. The number of benzene rings is 1. The van der Waals surface area contributed by atoms with Crippen LogP contribution >= 0.6 is 0 Å². The van der Waals surface area contributed by atoms with Gasteiger partial charge in [-0.15, -0.1) is 0 Å². The SMILES string of the molecule is CC(C)C[C@H](N=CC1C(=O)Oc2ccccc2C1=O)C(=O)O. The Morgan fingerprint density at radius 1 is 1.36 bits per heavy atom. The molecule has 1 heterocycles. The van der Waals surface area contributed by atoms with E-state index in [2.05, 4.69) is 4.99 Å². The predicted octanol–water partition coefficient (Wildman–Crippen LogP) is 1.97. The smallest absolute Gasteiger partial charge is 0.328 e. The number of carbonyl (C=O) groups is 3. The summed E-state index contributed by atoms with van der Waals surface area (Å²) >= 11 is 0. The molecule has 1 aliphatic heterocycles. The highest BCUT2D eigenvalue weighted by molar-refractivity contribution is 6.22. The number of ketones is 1. The minimum absolute atomic E-state index is 0.132. The number of carboxylic acid groups (broad SMARTS) is 1. The summed E-state index contributed by atoms with van der Waals surface area (Å²) in [7, 11) is 0. The second kappa shape index (κ2) is 6.51. The van der Waals surface area contributed by atoms with Crippen LogP contribution in [0.25, 0.3) is 0 Å². The summed E-state index contributed by atoms with van der Waals surface area (Å²) in [4.78, 5) is 39.3. The van der Waals surface area contributed by atoms with Gasteiger partial charge in [-0.25, -0.2) is 4.79 Å². The van der Waals surface area contributed by atoms with Crippen LogP contribution in [-0.2, 0) is 9.59 Å². The highest BCUT2D eigenvalue weighted by atomic mass is 16.5. The van der Waals surface area contributed by atoms with Crippen molar-refractivity contribution in [2.45, 2.75) is 26.3 Å². The fourth-order valence-electron chi connectivity index (χ4n) is 2.20. The summed E-state index contributed by atoms with van der Waals surface area (Å²) < 4.78 is 5.09. The zero-order chi connectivity index (χ0) is 16.3. The van der Waals surface area contributed by atoms with Crippen LogP contribution in [0.2, 0.25) is 0 Å². The van der Waals surface area contributed by atoms with Crippen LogP contribution in [0.3, 0.4) is 0 Å². The van der Waals surface area contributed by atoms with Gasteiger partial charge in [0.25, 0.3) is 0 Å². The minimum atomic E-state index is -1.19. The lowest BCUT2D eigenvalue weighted by Gasteiger charge is -2.19.